The van der Waals surface area contributed by atoms with Crippen molar-refractivity contribution >= 4 is 5.91 Å². The molecule has 0 aliphatic carbocycles. The van der Waals surface area contributed by atoms with Gasteiger partial charge in [0.15, 0.2) is 0 Å². The molecular weight excluding hydrogens is 558 g/mol. The maximum atomic E-state index is 12.4. The Morgan fingerprint density at radius 3 is 1.07 bits per heavy atom. The Hall–Kier alpha value is -0.650. The van der Waals surface area contributed by atoms with Gasteiger partial charge in [-0.2, -0.15) is 0 Å². The number of aliphatic hydroxyl groups is 3. The molecule has 0 saturated heterocycles. The Labute approximate surface area is 281 Å². The van der Waals surface area contributed by atoms with Crippen LogP contribution >= 0.6 is 0 Å². The zero-order valence-corrected chi connectivity index (χ0v) is 30.5. The minimum absolute atomic E-state index is 0.0424. The fraction of sp³-hybridized carbons (Fsp3) is 0.975. The maximum absolute atomic E-state index is 12.4. The average Bonchev–Trinajstić information content (AvgIpc) is 3.03. The predicted molar refractivity (Wildman–Crippen MR) is 195 cm³/mol. The first-order valence-electron chi connectivity index (χ1n) is 20.3. The third kappa shape index (κ3) is 33.1. The molecule has 5 nitrogen and oxygen atoms in total. The second kappa shape index (κ2) is 36.2. The third-order valence-electron chi connectivity index (χ3n) is 9.67. The molecule has 0 bridgehead atoms. The monoisotopic (exact) mass is 640 g/mol. The summed E-state index contributed by atoms with van der Waals surface area (Å²) < 4.78 is 0. The van der Waals surface area contributed by atoms with Crippen molar-refractivity contribution in [1.82, 2.24) is 5.32 Å². The van der Waals surface area contributed by atoms with Crippen LogP contribution < -0.4 is 5.32 Å². The molecule has 3 atom stereocenters. The molecule has 0 spiro atoms. The van der Waals surface area contributed by atoms with E-state index in [9.17, 15) is 20.1 Å². The Morgan fingerprint density at radius 1 is 0.467 bits per heavy atom. The van der Waals surface area contributed by atoms with Crippen LogP contribution in [0.1, 0.15) is 226 Å². The minimum Gasteiger partial charge on any atom is -0.394 e. The number of rotatable bonds is 37. The highest BCUT2D eigenvalue weighted by molar-refractivity contribution is 5.76. The van der Waals surface area contributed by atoms with Gasteiger partial charge in [-0.1, -0.05) is 206 Å². The number of hydrogen-bond acceptors (Lipinski definition) is 4. The van der Waals surface area contributed by atoms with E-state index in [0.29, 0.717) is 12.8 Å². The lowest BCUT2D eigenvalue weighted by molar-refractivity contribution is -0.125. The summed E-state index contributed by atoms with van der Waals surface area (Å²) in [6.45, 7) is 4.27. The second-order valence-electron chi connectivity index (χ2n) is 14.3. The van der Waals surface area contributed by atoms with E-state index in [4.69, 9.17) is 0 Å². The van der Waals surface area contributed by atoms with Crippen molar-refractivity contribution in [1.29, 1.82) is 0 Å². The molecule has 0 aliphatic rings. The Bertz CT molecular complexity index is 587. The molecule has 5 heteroatoms. The van der Waals surface area contributed by atoms with Crippen LogP contribution in [-0.4, -0.2) is 46.1 Å². The molecule has 45 heavy (non-hydrogen) atoms. The second-order valence-corrected chi connectivity index (χ2v) is 14.3. The van der Waals surface area contributed by atoms with Crippen LogP contribution in [0.15, 0.2) is 0 Å². The largest absolute Gasteiger partial charge is 0.394 e. The average molecular weight is 640 g/mol. The van der Waals surface area contributed by atoms with Gasteiger partial charge in [0.05, 0.1) is 31.3 Å². The van der Waals surface area contributed by atoms with E-state index in [1.807, 2.05) is 0 Å². The molecular formula is C40H81NO4. The summed E-state index contributed by atoms with van der Waals surface area (Å²) in [7, 11) is 0. The van der Waals surface area contributed by atoms with Gasteiger partial charge in [-0.3, -0.25) is 4.79 Å². The van der Waals surface area contributed by atoms with Gasteiger partial charge in [0.2, 0.25) is 5.91 Å². The van der Waals surface area contributed by atoms with Gasteiger partial charge in [-0.05, 0) is 12.8 Å². The van der Waals surface area contributed by atoms with Crippen molar-refractivity contribution in [2.24, 2.45) is 0 Å². The third-order valence-corrected chi connectivity index (χ3v) is 9.67. The molecule has 3 unspecified atom stereocenters. The summed E-state index contributed by atoms with van der Waals surface area (Å²) in [6.07, 6.45) is 39.1. The van der Waals surface area contributed by atoms with Crippen molar-refractivity contribution in [3.05, 3.63) is 0 Å². The summed E-state index contributed by atoms with van der Waals surface area (Å²) in [5.74, 6) is -0.280. The van der Waals surface area contributed by atoms with Crippen molar-refractivity contribution in [2.45, 2.75) is 244 Å². The molecule has 0 aliphatic heterocycles. The van der Waals surface area contributed by atoms with Crippen molar-refractivity contribution in [2.75, 3.05) is 6.61 Å². The molecule has 270 valence electrons. The highest BCUT2D eigenvalue weighted by Gasteiger charge is 2.21. The van der Waals surface area contributed by atoms with Crippen LogP contribution in [0.5, 0.6) is 0 Å². The van der Waals surface area contributed by atoms with Gasteiger partial charge in [0.25, 0.3) is 0 Å². The molecule has 0 aromatic heterocycles. The fourth-order valence-corrected chi connectivity index (χ4v) is 6.52. The van der Waals surface area contributed by atoms with Crippen molar-refractivity contribution < 1.29 is 20.1 Å². The normalized spacial score (nSPS) is 13.6. The van der Waals surface area contributed by atoms with E-state index >= 15 is 0 Å². The van der Waals surface area contributed by atoms with Crippen LogP contribution in [0.2, 0.25) is 0 Å². The number of carbonyl (C=O) groups is 1. The van der Waals surface area contributed by atoms with E-state index < -0.39 is 18.2 Å². The first kappa shape index (κ1) is 44.4. The first-order valence-corrected chi connectivity index (χ1v) is 20.3. The molecule has 0 aromatic rings. The number of hydrogen-bond donors (Lipinski definition) is 4. The quantitative estimate of drug-likeness (QED) is 0.0509. The van der Waals surface area contributed by atoms with Gasteiger partial charge in [0, 0.05) is 0 Å². The maximum Gasteiger partial charge on any atom is 0.222 e. The molecule has 0 saturated carbocycles. The Morgan fingerprint density at radius 2 is 0.756 bits per heavy atom. The summed E-state index contributed by atoms with van der Waals surface area (Å²) in [6, 6.07) is -0.651. The molecule has 0 rings (SSSR count). The Kier molecular flexibility index (Phi) is 35.7. The van der Waals surface area contributed by atoms with Gasteiger partial charge < -0.3 is 20.6 Å². The number of carbonyl (C=O) groups excluding carboxylic acids is 1. The van der Waals surface area contributed by atoms with Crippen LogP contribution in [0.3, 0.4) is 0 Å². The number of nitrogens with one attached hydrogen (secondary N) is 1. The smallest absolute Gasteiger partial charge is 0.222 e. The highest BCUT2D eigenvalue weighted by Crippen LogP contribution is 2.16. The van der Waals surface area contributed by atoms with Gasteiger partial charge in [-0.15, -0.1) is 0 Å². The zero-order valence-electron chi connectivity index (χ0n) is 30.5. The zero-order chi connectivity index (χ0) is 33.1. The first-order chi connectivity index (χ1) is 22.0. The van der Waals surface area contributed by atoms with Gasteiger partial charge in [-0.25, -0.2) is 0 Å². The lowest BCUT2D eigenvalue weighted by atomic mass is 10.0. The molecule has 0 radical (unpaired) electrons. The highest BCUT2D eigenvalue weighted by atomic mass is 16.3. The summed E-state index contributed by atoms with van der Waals surface area (Å²) >= 11 is 0. The summed E-state index contributed by atoms with van der Waals surface area (Å²) in [5.41, 5.74) is 0. The number of amides is 1. The number of unbranched alkanes of at least 4 members (excludes halogenated alkanes) is 28. The van der Waals surface area contributed by atoms with Crippen LogP contribution in [0.25, 0.3) is 0 Å². The van der Waals surface area contributed by atoms with E-state index in [1.165, 1.54) is 167 Å². The number of aliphatic hydroxyl groups excluding tert-OH is 3. The molecule has 0 aromatic carbocycles. The molecule has 1 amide bonds. The lowest BCUT2D eigenvalue weighted by Crippen LogP contribution is -2.46. The van der Waals surface area contributed by atoms with Crippen molar-refractivity contribution in [3.63, 3.8) is 0 Å². The van der Waals surface area contributed by atoms with Crippen LogP contribution in [0.4, 0.5) is 0 Å². The van der Waals surface area contributed by atoms with E-state index in [0.717, 1.165) is 25.7 Å². The summed E-state index contributed by atoms with van der Waals surface area (Å²) in [4.78, 5) is 12.4. The SMILES string of the molecule is CCCCCCCCCCCCCCCCCC(O)CC(=O)NC(CO)C(O)CCCCCCCCCCCCCCCCC. The predicted octanol–water partition coefficient (Wildman–Crippen LogP) is 11.1. The Balaban J connectivity index is 3.61. The van der Waals surface area contributed by atoms with Crippen LogP contribution in [0, 0.1) is 0 Å². The van der Waals surface area contributed by atoms with Gasteiger partial charge >= 0.3 is 0 Å². The standard InChI is InChI=1S/C40H81NO4/c1-3-5-7-9-11-13-15-17-19-21-23-25-27-29-31-33-37(43)35-40(45)41-38(36-42)39(44)34-32-30-28-26-24-22-20-18-16-14-12-10-8-6-4-2/h37-39,42-44H,3-36H2,1-2H3,(H,41,45). The van der Waals surface area contributed by atoms with Gasteiger partial charge in [0.1, 0.15) is 0 Å². The van der Waals surface area contributed by atoms with Crippen molar-refractivity contribution in [3.8, 4) is 0 Å². The molecule has 4 N–H and O–H groups in total. The lowest BCUT2D eigenvalue weighted by Gasteiger charge is -2.23. The fourth-order valence-electron chi connectivity index (χ4n) is 6.52. The van der Waals surface area contributed by atoms with Crippen LogP contribution in [-0.2, 0) is 4.79 Å². The van der Waals surface area contributed by atoms with E-state index in [1.54, 1.807) is 0 Å². The van der Waals surface area contributed by atoms with E-state index in [2.05, 4.69) is 19.2 Å². The minimum atomic E-state index is -0.742. The topological polar surface area (TPSA) is 89.8 Å². The summed E-state index contributed by atoms with van der Waals surface area (Å²) in [5, 5.41) is 33.3. The van der Waals surface area contributed by atoms with E-state index in [-0.39, 0.29) is 18.9 Å². The molecule has 0 fully saturated rings. The molecule has 0 heterocycles.